The minimum atomic E-state index is -0.0600. The van der Waals surface area contributed by atoms with E-state index in [-0.39, 0.29) is 11.9 Å². The van der Waals surface area contributed by atoms with Crippen molar-refractivity contribution in [2.24, 2.45) is 5.92 Å². The molecule has 3 N–H and O–H groups in total. The molecule has 0 aliphatic carbocycles. The predicted octanol–water partition coefficient (Wildman–Crippen LogP) is 0.489. The van der Waals surface area contributed by atoms with Crippen molar-refractivity contribution >= 4 is 5.91 Å². The molecule has 0 bridgehead atoms. The third-order valence-electron chi connectivity index (χ3n) is 2.91. The number of nitrogens with one attached hydrogen (secondary N) is 3. The summed E-state index contributed by atoms with van der Waals surface area (Å²) in [5, 5.41) is 9.52. The van der Waals surface area contributed by atoms with E-state index in [1.807, 2.05) is 0 Å². The molecule has 1 fully saturated rings. The van der Waals surface area contributed by atoms with Crippen molar-refractivity contribution in [2.45, 2.75) is 45.7 Å². The molecule has 1 aliphatic rings. The number of hydrogen-bond acceptors (Lipinski definition) is 3. The molecule has 1 amide bonds. The van der Waals surface area contributed by atoms with Crippen LogP contribution in [-0.4, -0.2) is 37.6 Å². The Morgan fingerprint density at radius 3 is 2.69 bits per heavy atom. The van der Waals surface area contributed by atoms with Gasteiger partial charge in [0.05, 0.1) is 6.04 Å². The smallest absolute Gasteiger partial charge is 0.238 e. The standard InChI is InChI=1S/C12H25N3O/c1-9(2)5-4-6-13-12(16)11-8-14-10(3)7-15-11/h9-11,14-15H,4-8H2,1-3H3,(H,13,16). The lowest BCUT2D eigenvalue weighted by Gasteiger charge is -2.28. The van der Waals surface area contributed by atoms with Gasteiger partial charge in [0, 0.05) is 25.7 Å². The second kappa shape index (κ2) is 6.86. The molecule has 16 heavy (non-hydrogen) atoms. The van der Waals surface area contributed by atoms with Gasteiger partial charge in [-0.25, -0.2) is 0 Å². The number of amides is 1. The number of carbonyl (C=O) groups excluding carboxylic acids is 1. The molecule has 0 saturated carbocycles. The summed E-state index contributed by atoms with van der Waals surface area (Å²) in [6.45, 7) is 8.92. The van der Waals surface area contributed by atoms with Gasteiger partial charge in [0.1, 0.15) is 0 Å². The largest absolute Gasteiger partial charge is 0.355 e. The first-order chi connectivity index (χ1) is 7.59. The maximum absolute atomic E-state index is 11.7. The number of piperazine rings is 1. The van der Waals surface area contributed by atoms with Crippen LogP contribution in [0.25, 0.3) is 0 Å². The highest BCUT2D eigenvalue weighted by Crippen LogP contribution is 2.02. The first-order valence-corrected chi connectivity index (χ1v) is 6.34. The summed E-state index contributed by atoms with van der Waals surface area (Å²) in [4.78, 5) is 11.7. The molecule has 2 atom stereocenters. The molecular formula is C12H25N3O. The van der Waals surface area contributed by atoms with Crippen LogP contribution >= 0.6 is 0 Å². The number of carbonyl (C=O) groups is 1. The van der Waals surface area contributed by atoms with Gasteiger partial charge in [0.25, 0.3) is 0 Å². The minimum Gasteiger partial charge on any atom is -0.355 e. The first kappa shape index (κ1) is 13.5. The highest BCUT2D eigenvalue weighted by Gasteiger charge is 2.22. The Balaban J connectivity index is 2.10. The summed E-state index contributed by atoms with van der Waals surface area (Å²) in [6, 6.07) is 0.403. The predicted molar refractivity (Wildman–Crippen MR) is 66.3 cm³/mol. The quantitative estimate of drug-likeness (QED) is 0.599. The molecule has 0 aromatic rings. The number of hydrogen-bond donors (Lipinski definition) is 3. The van der Waals surface area contributed by atoms with Gasteiger partial charge in [0.2, 0.25) is 5.91 Å². The maximum Gasteiger partial charge on any atom is 0.238 e. The van der Waals surface area contributed by atoms with Crippen LogP contribution in [0, 0.1) is 5.92 Å². The van der Waals surface area contributed by atoms with Crippen molar-refractivity contribution in [3.05, 3.63) is 0 Å². The summed E-state index contributed by atoms with van der Waals surface area (Å²) in [6.07, 6.45) is 2.24. The molecule has 4 nitrogen and oxygen atoms in total. The third kappa shape index (κ3) is 4.94. The van der Waals surface area contributed by atoms with Crippen LogP contribution in [0.1, 0.15) is 33.6 Å². The summed E-state index contributed by atoms with van der Waals surface area (Å²) < 4.78 is 0. The lowest BCUT2D eigenvalue weighted by Crippen LogP contribution is -2.58. The Morgan fingerprint density at radius 1 is 1.38 bits per heavy atom. The molecule has 0 radical (unpaired) electrons. The zero-order chi connectivity index (χ0) is 12.0. The van der Waals surface area contributed by atoms with Gasteiger partial charge in [-0.2, -0.15) is 0 Å². The van der Waals surface area contributed by atoms with Crippen molar-refractivity contribution in [3.63, 3.8) is 0 Å². The second-order valence-corrected chi connectivity index (χ2v) is 5.10. The van der Waals surface area contributed by atoms with Gasteiger partial charge in [-0.1, -0.05) is 13.8 Å². The first-order valence-electron chi connectivity index (χ1n) is 6.34. The van der Waals surface area contributed by atoms with Crippen molar-refractivity contribution in [1.82, 2.24) is 16.0 Å². The zero-order valence-electron chi connectivity index (χ0n) is 10.7. The Hall–Kier alpha value is -0.610. The molecule has 0 aromatic carbocycles. The molecule has 1 rings (SSSR count). The molecule has 1 heterocycles. The van der Waals surface area contributed by atoms with E-state index in [0.717, 1.165) is 26.1 Å². The van der Waals surface area contributed by atoms with Crippen LogP contribution < -0.4 is 16.0 Å². The van der Waals surface area contributed by atoms with Gasteiger partial charge < -0.3 is 16.0 Å². The van der Waals surface area contributed by atoms with Crippen LogP contribution in [-0.2, 0) is 4.79 Å². The fraction of sp³-hybridized carbons (Fsp3) is 0.917. The topological polar surface area (TPSA) is 53.2 Å². The van der Waals surface area contributed by atoms with E-state index in [1.54, 1.807) is 0 Å². The van der Waals surface area contributed by atoms with Gasteiger partial charge in [-0.3, -0.25) is 4.79 Å². The van der Waals surface area contributed by atoms with Crippen molar-refractivity contribution < 1.29 is 4.79 Å². The van der Waals surface area contributed by atoms with E-state index in [4.69, 9.17) is 0 Å². The van der Waals surface area contributed by atoms with Gasteiger partial charge in [-0.05, 0) is 25.7 Å². The van der Waals surface area contributed by atoms with Crippen LogP contribution in [0.2, 0.25) is 0 Å². The van der Waals surface area contributed by atoms with Crippen molar-refractivity contribution in [2.75, 3.05) is 19.6 Å². The molecule has 4 heteroatoms. The average molecular weight is 227 g/mol. The van der Waals surface area contributed by atoms with Crippen molar-refractivity contribution in [1.29, 1.82) is 0 Å². The molecule has 1 saturated heterocycles. The van der Waals surface area contributed by atoms with Crippen LogP contribution in [0.4, 0.5) is 0 Å². The Bertz CT molecular complexity index is 210. The average Bonchev–Trinajstić information content (AvgIpc) is 2.25. The molecule has 0 spiro atoms. The molecule has 0 aromatic heterocycles. The van der Waals surface area contributed by atoms with Gasteiger partial charge in [-0.15, -0.1) is 0 Å². The van der Waals surface area contributed by atoms with Gasteiger partial charge in [0.15, 0.2) is 0 Å². The zero-order valence-corrected chi connectivity index (χ0v) is 10.7. The van der Waals surface area contributed by atoms with E-state index in [2.05, 4.69) is 36.7 Å². The van der Waals surface area contributed by atoms with Crippen LogP contribution in [0.15, 0.2) is 0 Å². The van der Waals surface area contributed by atoms with Crippen LogP contribution in [0.3, 0.4) is 0 Å². The van der Waals surface area contributed by atoms with Crippen LogP contribution in [0.5, 0.6) is 0 Å². The minimum absolute atomic E-state index is 0.0600. The lowest BCUT2D eigenvalue weighted by atomic mass is 10.1. The van der Waals surface area contributed by atoms with E-state index < -0.39 is 0 Å². The number of rotatable bonds is 5. The fourth-order valence-electron chi connectivity index (χ4n) is 1.81. The highest BCUT2D eigenvalue weighted by atomic mass is 16.2. The SMILES string of the molecule is CC(C)CCCNC(=O)C1CNC(C)CN1. The van der Waals surface area contributed by atoms with Gasteiger partial charge >= 0.3 is 0 Å². The summed E-state index contributed by atoms with van der Waals surface area (Å²) in [7, 11) is 0. The van der Waals surface area contributed by atoms with E-state index in [0.29, 0.717) is 12.0 Å². The maximum atomic E-state index is 11.7. The molecule has 1 aliphatic heterocycles. The second-order valence-electron chi connectivity index (χ2n) is 5.10. The molecular weight excluding hydrogens is 202 g/mol. The summed E-state index contributed by atoms with van der Waals surface area (Å²) in [5.41, 5.74) is 0. The summed E-state index contributed by atoms with van der Waals surface area (Å²) in [5.74, 6) is 0.843. The van der Waals surface area contributed by atoms with Crippen molar-refractivity contribution in [3.8, 4) is 0 Å². The molecule has 94 valence electrons. The normalized spacial score (nSPS) is 25.8. The fourth-order valence-corrected chi connectivity index (χ4v) is 1.81. The highest BCUT2D eigenvalue weighted by molar-refractivity contribution is 5.82. The Kier molecular flexibility index (Phi) is 5.77. The van der Waals surface area contributed by atoms with E-state index in [1.165, 1.54) is 6.42 Å². The lowest BCUT2D eigenvalue weighted by molar-refractivity contribution is -0.123. The Labute approximate surface area is 98.6 Å². The van der Waals surface area contributed by atoms with E-state index in [9.17, 15) is 4.79 Å². The molecule has 2 unspecified atom stereocenters. The monoisotopic (exact) mass is 227 g/mol. The third-order valence-corrected chi connectivity index (χ3v) is 2.91. The van der Waals surface area contributed by atoms with E-state index >= 15 is 0 Å². The summed E-state index contributed by atoms with van der Waals surface area (Å²) >= 11 is 0. The Morgan fingerprint density at radius 2 is 2.12 bits per heavy atom.